The number of anilines is 1. The van der Waals surface area contributed by atoms with E-state index in [1.165, 1.54) is 0 Å². The standard InChI is InChI=1S/C14H19N3O4/c1-15-7-9-4-2-3-5-11(9)16-14(21)17-8-10(18)6-12(17)13(19)20/h2-5,10,12,15,18H,6-8H2,1H3,(H,16,21)(H,19,20)/t10?,12-/m0/s1. The number of nitrogens with one attached hydrogen (secondary N) is 2. The molecule has 1 heterocycles. The number of rotatable bonds is 4. The first-order chi connectivity index (χ1) is 10.0. The molecule has 2 atom stereocenters. The highest BCUT2D eigenvalue weighted by molar-refractivity contribution is 5.93. The van der Waals surface area contributed by atoms with Gasteiger partial charge in [0.2, 0.25) is 0 Å². The molecule has 21 heavy (non-hydrogen) atoms. The molecule has 1 saturated heterocycles. The van der Waals surface area contributed by atoms with Crippen molar-refractivity contribution in [2.45, 2.75) is 25.1 Å². The maximum Gasteiger partial charge on any atom is 0.326 e. The number of amides is 2. The van der Waals surface area contributed by atoms with Gasteiger partial charge in [-0.05, 0) is 18.7 Å². The first kappa shape index (κ1) is 15.3. The maximum atomic E-state index is 12.3. The molecule has 1 aromatic carbocycles. The number of β-amino-alcohol motifs (C(OH)–C–C–N with tert-alkyl or cyclic N) is 1. The molecule has 7 nitrogen and oxygen atoms in total. The molecule has 1 fully saturated rings. The van der Waals surface area contributed by atoms with E-state index in [2.05, 4.69) is 10.6 Å². The van der Waals surface area contributed by atoms with Crippen LogP contribution in [0.3, 0.4) is 0 Å². The number of aliphatic hydroxyl groups is 1. The van der Waals surface area contributed by atoms with Crippen LogP contribution >= 0.6 is 0 Å². The zero-order chi connectivity index (χ0) is 15.4. The predicted molar refractivity (Wildman–Crippen MR) is 77.0 cm³/mol. The van der Waals surface area contributed by atoms with Crippen LogP contribution in [0.1, 0.15) is 12.0 Å². The van der Waals surface area contributed by atoms with E-state index in [0.717, 1.165) is 10.5 Å². The van der Waals surface area contributed by atoms with Gasteiger partial charge in [-0.25, -0.2) is 9.59 Å². The molecule has 2 rings (SSSR count). The molecule has 1 unspecified atom stereocenters. The summed E-state index contributed by atoms with van der Waals surface area (Å²) >= 11 is 0. The molecule has 1 aliphatic rings. The Bertz CT molecular complexity index is 535. The lowest BCUT2D eigenvalue weighted by atomic mass is 10.2. The van der Waals surface area contributed by atoms with Gasteiger partial charge in [0.1, 0.15) is 6.04 Å². The lowest BCUT2D eigenvalue weighted by Gasteiger charge is -2.22. The summed E-state index contributed by atoms with van der Waals surface area (Å²) in [6.07, 6.45) is -0.745. The van der Waals surface area contributed by atoms with Crippen molar-refractivity contribution in [3.05, 3.63) is 29.8 Å². The van der Waals surface area contributed by atoms with Gasteiger partial charge in [-0.15, -0.1) is 0 Å². The second kappa shape index (κ2) is 6.55. The van der Waals surface area contributed by atoms with Gasteiger partial charge in [-0.2, -0.15) is 0 Å². The number of nitrogens with zero attached hydrogens (tertiary/aromatic N) is 1. The zero-order valence-corrected chi connectivity index (χ0v) is 11.7. The number of aliphatic hydroxyl groups excluding tert-OH is 1. The Morgan fingerprint density at radius 1 is 1.38 bits per heavy atom. The number of urea groups is 1. The van der Waals surface area contributed by atoms with Gasteiger partial charge in [0.25, 0.3) is 0 Å². The quantitative estimate of drug-likeness (QED) is 0.646. The Labute approximate surface area is 122 Å². The fourth-order valence-corrected chi connectivity index (χ4v) is 2.45. The number of carboxylic acids is 1. The molecule has 114 valence electrons. The molecule has 0 aliphatic carbocycles. The fraction of sp³-hybridized carbons (Fsp3) is 0.429. The van der Waals surface area contributed by atoms with E-state index in [1.54, 1.807) is 19.2 Å². The van der Waals surface area contributed by atoms with Crippen LogP contribution in [0.5, 0.6) is 0 Å². The van der Waals surface area contributed by atoms with Crippen molar-refractivity contribution in [1.29, 1.82) is 0 Å². The van der Waals surface area contributed by atoms with E-state index in [9.17, 15) is 14.7 Å². The molecule has 1 aliphatic heterocycles. The average Bonchev–Trinajstić information content (AvgIpc) is 2.84. The van der Waals surface area contributed by atoms with Crippen molar-refractivity contribution in [1.82, 2.24) is 10.2 Å². The van der Waals surface area contributed by atoms with E-state index >= 15 is 0 Å². The molecule has 7 heteroatoms. The Morgan fingerprint density at radius 2 is 2.10 bits per heavy atom. The lowest BCUT2D eigenvalue weighted by molar-refractivity contribution is -0.141. The van der Waals surface area contributed by atoms with Crippen molar-refractivity contribution in [2.24, 2.45) is 0 Å². The number of carbonyl (C=O) groups is 2. The molecule has 0 spiro atoms. The summed E-state index contributed by atoms with van der Waals surface area (Å²) < 4.78 is 0. The van der Waals surface area contributed by atoms with Gasteiger partial charge < -0.3 is 25.7 Å². The van der Waals surface area contributed by atoms with E-state index < -0.39 is 24.1 Å². The Hall–Kier alpha value is -2.12. The largest absolute Gasteiger partial charge is 0.480 e. The zero-order valence-electron chi connectivity index (χ0n) is 11.7. The molecular formula is C14H19N3O4. The number of aliphatic carboxylic acids is 1. The van der Waals surface area contributed by atoms with Crippen molar-refractivity contribution >= 4 is 17.7 Å². The van der Waals surface area contributed by atoms with Gasteiger partial charge in [-0.1, -0.05) is 18.2 Å². The topological polar surface area (TPSA) is 102 Å². The fourth-order valence-electron chi connectivity index (χ4n) is 2.45. The third kappa shape index (κ3) is 3.50. The SMILES string of the molecule is CNCc1ccccc1NC(=O)N1CC(O)C[C@H]1C(=O)O. The van der Waals surface area contributed by atoms with Crippen molar-refractivity contribution in [2.75, 3.05) is 18.9 Å². The average molecular weight is 293 g/mol. The number of carbonyl (C=O) groups excluding carboxylic acids is 1. The molecule has 0 radical (unpaired) electrons. The monoisotopic (exact) mass is 293 g/mol. The Balaban J connectivity index is 2.12. The highest BCUT2D eigenvalue weighted by atomic mass is 16.4. The van der Waals surface area contributed by atoms with Gasteiger partial charge in [-0.3, -0.25) is 0 Å². The van der Waals surface area contributed by atoms with Crippen molar-refractivity contribution in [3.8, 4) is 0 Å². The van der Waals surface area contributed by atoms with Gasteiger partial charge >= 0.3 is 12.0 Å². The van der Waals surface area contributed by atoms with Crippen molar-refractivity contribution < 1.29 is 19.8 Å². The summed E-state index contributed by atoms with van der Waals surface area (Å²) in [7, 11) is 1.80. The van der Waals surface area contributed by atoms with Crippen LogP contribution in [0.15, 0.2) is 24.3 Å². The number of carboxylic acid groups (broad SMARTS) is 1. The number of likely N-dealkylation sites (tertiary alicyclic amines) is 1. The molecule has 0 saturated carbocycles. The molecule has 0 bridgehead atoms. The summed E-state index contributed by atoms with van der Waals surface area (Å²) in [5.74, 6) is -1.11. The molecule has 0 aromatic heterocycles. The van der Waals surface area contributed by atoms with Crippen LogP contribution in [0, 0.1) is 0 Å². The minimum absolute atomic E-state index is 0.0248. The first-order valence-corrected chi connectivity index (χ1v) is 6.74. The minimum atomic E-state index is -1.11. The maximum absolute atomic E-state index is 12.3. The Morgan fingerprint density at radius 3 is 2.76 bits per heavy atom. The smallest absolute Gasteiger partial charge is 0.326 e. The molecule has 2 amide bonds. The number of hydrogen-bond donors (Lipinski definition) is 4. The molecule has 4 N–H and O–H groups in total. The summed E-state index contributed by atoms with van der Waals surface area (Å²) in [6.45, 7) is 0.610. The number of hydrogen-bond acceptors (Lipinski definition) is 4. The van der Waals surface area contributed by atoms with Crippen LogP contribution in [0.4, 0.5) is 10.5 Å². The van der Waals surface area contributed by atoms with Crippen LogP contribution in [0.25, 0.3) is 0 Å². The van der Waals surface area contributed by atoms with E-state index in [1.807, 2.05) is 12.1 Å². The van der Waals surface area contributed by atoms with Crippen LogP contribution in [-0.4, -0.2) is 52.9 Å². The van der Waals surface area contributed by atoms with E-state index in [4.69, 9.17) is 5.11 Å². The summed E-state index contributed by atoms with van der Waals surface area (Å²) in [5.41, 5.74) is 1.53. The third-order valence-corrected chi connectivity index (χ3v) is 3.45. The Kier molecular flexibility index (Phi) is 4.77. The van der Waals surface area contributed by atoms with Crippen LogP contribution < -0.4 is 10.6 Å². The van der Waals surface area contributed by atoms with Crippen LogP contribution in [0.2, 0.25) is 0 Å². The highest BCUT2D eigenvalue weighted by Crippen LogP contribution is 2.21. The third-order valence-electron chi connectivity index (χ3n) is 3.45. The highest BCUT2D eigenvalue weighted by Gasteiger charge is 2.39. The van der Waals surface area contributed by atoms with Gasteiger partial charge in [0.05, 0.1) is 6.10 Å². The second-order valence-corrected chi connectivity index (χ2v) is 5.01. The molecular weight excluding hydrogens is 274 g/mol. The predicted octanol–water partition coefficient (Wildman–Crippen LogP) is 0.458. The van der Waals surface area contributed by atoms with Crippen molar-refractivity contribution in [3.63, 3.8) is 0 Å². The van der Waals surface area contributed by atoms with Gasteiger partial charge in [0, 0.05) is 25.2 Å². The number of para-hydroxylation sites is 1. The van der Waals surface area contributed by atoms with Crippen LogP contribution in [-0.2, 0) is 11.3 Å². The molecule has 1 aromatic rings. The minimum Gasteiger partial charge on any atom is -0.480 e. The summed E-state index contributed by atoms with van der Waals surface area (Å²) in [4.78, 5) is 24.5. The first-order valence-electron chi connectivity index (χ1n) is 6.74. The van der Waals surface area contributed by atoms with E-state index in [0.29, 0.717) is 12.2 Å². The van der Waals surface area contributed by atoms with E-state index in [-0.39, 0.29) is 13.0 Å². The second-order valence-electron chi connectivity index (χ2n) is 5.01. The summed E-state index contributed by atoms with van der Waals surface area (Å²) in [5, 5.41) is 24.4. The lowest BCUT2D eigenvalue weighted by Crippen LogP contribution is -2.43. The number of benzene rings is 1. The van der Waals surface area contributed by atoms with Gasteiger partial charge in [0.15, 0.2) is 0 Å². The normalized spacial score (nSPS) is 21.3. The summed E-state index contributed by atoms with van der Waals surface area (Å²) in [6, 6.07) is 5.79.